The predicted octanol–water partition coefficient (Wildman–Crippen LogP) is 4.23. The Balaban J connectivity index is 0.00000264. The number of aliphatic hydroxyl groups is 1. The molecule has 0 saturated carbocycles. The van der Waals surface area contributed by atoms with Gasteiger partial charge in [0, 0.05) is 23.1 Å². The molecule has 2 rings (SSSR count). The molecule has 5 heteroatoms. The summed E-state index contributed by atoms with van der Waals surface area (Å²) < 4.78 is 6.97. The number of aliphatic hydroxyl groups excluding tert-OH is 1. The summed E-state index contributed by atoms with van der Waals surface area (Å²) in [6, 6.07) is 14.3. The van der Waals surface area contributed by atoms with Crippen molar-refractivity contribution in [2.75, 3.05) is 6.54 Å². The highest BCUT2D eigenvalue weighted by molar-refractivity contribution is 9.10. The van der Waals surface area contributed by atoms with Crippen LogP contribution >= 0.6 is 28.3 Å². The highest BCUT2D eigenvalue weighted by atomic mass is 79.9. The average Bonchev–Trinajstić information content (AvgIpc) is 2.48. The van der Waals surface area contributed by atoms with E-state index in [1.54, 1.807) is 6.92 Å². The van der Waals surface area contributed by atoms with Gasteiger partial charge in [0.15, 0.2) is 0 Å². The summed E-state index contributed by atoms with van der Waals surface area (Å²) in [5.41, 5.74) is 3.47. The van der Waals surface area contributed by atoms with E-state index >= 15 is 0 Å². The fraction of sp³-hybridized carbons (Fsp3) is 0.333. The van der Waals surface area contributed by atoms with Gasteiger partial charge < -0.3 is 15.2 Å². The first-order chi connectivity index (χ1) is 10.5. The SMILES string of the molecule is Cc1ccc(COc2ccc(Br)cc2CNCC(C)O)cc1.Cl. The molecule has 0 aliphatic heterocycles. The van der Waals surface area contributed by atoms with E-state index in [0.29, 0.717) is 19.7 Å². The number of ether oxygens (including phenoxy) is 1. The minimum absolute atomic E-state index is 0. The summed E-state index contributed by atoms with van der Waals surface area (Å²) in [5, 5.41) is 12.5. The van der Waals surface area contributed by atoms with Gasteiger partial charge in [-0.1, -0.05) is 45.8 Å². The lowest BCUT2D eigenvalue weighted by molar-refractivity contribution is 0.190. The molecule has 0 aliphatic carbocycles. The van der Waals surface area contributed by atoms with Crippen LogP contribution in [0, 0.1) is 6.92 Å². The first kappa shape index (κ1) is 20.0. The molecule has 0 aliphatic rings. The molecular weight excluding hydrogens is 378 g/mol. The molecule has 0 heterocycles. The predicted molar refractivity (Wildman–Crippen MR) is 100 cm³/mol. The molecule has 0 amide bonds. The number of rotatable bonds is 7. The molecule has 0 saturated heterocycles. The molecule has 23 heavy (non-hydrogen) atoms. The second kappa shape index (κ2) is 9.93. The minimum Gasteiger partial charge on any atom is -0.489 e. The molecule has 0 bridgehead atoms. The molecule has 126 valence electrons. The first-order valence-electron chi connectivity index (χ1n) is 7.40. The molecule has 0 spiro atoms. The smallest absolute Gasteiger partial charge is 0.124 e. The monoisotopic (exact) mass is 399 g/mol. The Morgan fingerprint density at radius 3 is 2.52 bits per heavy atom. The maximum Gasteiger partial charge on any atom is 0.124 e. The van der Waals surface area contributed by atoms with Crippen molar-refractivity contribution in [1.82, 2.24) is 5.32 Å². The first-order valence-corrected chi connectivity index (χ1v) is 8.19. The van der Waals surface area contributed by atoms with Gasteiger partial charge in [-0.15, -0.1) is 12.4 Å². The third-order valence-electron chi connectivity index (χ3n) is 3.29. The summed E-state index contributed by atoms with van der Waals surface area (Å²) in [6.07, 6.45) is -0.357. The lowest BCUT2D eigenvalue weighted by Crippen LogP contribution is -2.24. The van der Waals surface area contributed by atoms with Gasteiger partial charge in [-0.3, -0.25) is 0 Å². The normalized spacial score (nSPS) is 11.7. The van der Waals surface area contributed by atoms with Gasteiger partial charge in [0.1, 0.15) is 12.4 Å². The van der Waals surface area contributed by atoms with E-state index in [4.69, 9.17) is 4.74 Å². The van der Waals surface area contributed by atoms with Crippen LogP contribution in [0.3, 0.4) is 0 Å². The van der Waals surface area contributed by atoms with Gasteiger partial charge in [0.05, 0.1) is 6.10 Å². The molecule has 0 aromatic heterocycles. The highest BCUT2D eigenvalue weighted by Gasteiger charge is 2.06. The second-order valence-electron chi connectivity index (χ2n) is 5.51. The van der Waals surface area contributed by atoms with Crippen LogP contribution in [0.1, 0.15) is 23.6 Å². The van der Waals surface area contributed by atoms with Crippen LogP contribution in [0.15, 0.2) is 46.9 Å². The number of benzene rings is 2. The topological polar surface area (TPSA) is 41.5 Å². The average molecular weight is 401 g/mol. The number of halogens is 2. The Morgan fingerprint density at radius 1 is 1.17 bits per heavy atom. The zero-order valence-electron chi connectivity index (χ0n) is 13.4. The van der Waals surface area contributed by atoms with E-state index in [-0.39, 0.29) is 18.5 Å². The highest BCUT2D eigenvalue weighted by Crippen LogP contribution is 2.24. The third kappa shape index (κ3) is 6.92. The number of nitrogens with one attached hydrogen (secondary N) is 1. The number of hydrogen-bond acceptors (Lipinski definition) is 3. The molecular formula is C18H23BrClNO2. The Labute approximate surface area is 152 Å². The largest absolute Gasteiger partial charge is 0.489 e. The fourth-order valence-electron chi connectivity index (χ4n) is 2.09. The van der Waals surface area contributed by atoms with Crippen LogP contribution < -0.4 is 10.1 Å². The summed E-state index contributed by atoms with van der Waals surface area (Å²) >= 11 is 3.49. The van der Waals surface area contributed by atoms with Crippen molar-refractivity contribution in [2.45, 2.75) is 33.1 Å². The van der Waals surface area contributed by atoms with Crippen LogP contribution in [-0.2, 0) is 13.2 Å². The molecule has 2 aromatic rings. The van der Waals surface area contributed by atoms with E-state index in [0.717, 1.165) is 21.3 Å². The van der Waals surface area contributed by atoms with Crippen molar-refractivity contribution >= 4 is 28.3 Å². The number of hydrogen-bond donors (Lipinski definition) is 2. The summed E-state index contributed by atoms with van der Waals surface area (Å²) in [5.74, 6) is 0.863. The van der Waals surface area contributed by atoms with Gasteiger partial charge in [-0.2, -0.15) is 0 Å². The van der Waals surface area contributed by atoms with Crippen LogP contribution in [0.2, 0.25) is 0 Å². The van der Waals surface area contributed by atoms with E-state index in [1.807, 2.05) is 18.2 Å². The van der Waals surface area contributed by atoms with Crippen LogP contribution in [0.4, 0.5) is 0 Å². The standard InChI is InChI=1S/C18H22BrNO2.ClH/c1-13-3-5-15(6-4-13)12-22-18-8-7-17(19)9-16(18)11-20-10-14(2)21;/h3-9,14,20-21H,10-12H2,1-2H3;1H. The Morgan fingerprint density at radius 2 is 1.87 bits per heavy atom. The molecule has 0 radical (unpaired) electrons. The molecule has 2 N–H and O–H groups in total. The summed E-state index contributed by atoms with van der Waals surface area (Å²) in [6.45, 7) is 5.61. The van der Waals surface area contributed by atoms with Crippen LogP contribution in [0.25, 0.3) is 0 Å². The zero-order valence-corrected chi connectivity index (χ0v) is 15.8. The van der Waals surface area contributed by atoms with Gasteiger partial charge >= 0.3 is 0 Å². The lowest BCUT2D eigenvalue weighted by atomic mass is 10.1. The molecule has 2 aromatic carbocycles. The molecule has 1 atom stereocenters. The summed E-state index contributed by atoms with van der Waals surface area (Å²) in [7, 11) is 0. The molecule has 0 fully saturated rings. The van der Waals surface area contributed by atoms with Crippen molar-refractivity contribution in [3.8, 4) is 5.75 Å². The van der Waals surface area contributed by atoms with Crippen LogP contribution in [-0.4, -0.2) is 17.8 Å². The van der Waals surface area contributed by atoms with Crippen molar-refractivity contribution in [2.24, 2.45) is 0 Å². The third-order valence-corrected chi connectivity index (χ3v) is 3.79. The van der Waals surface area contributed by atoms with Gasteiger partial charge in [-0.25, -0.2) is 0 Å². The van der Waals surface area contributed by atoms with E-state index in [1.165, 1.54) is 5.56 Å². The van der Waals surface area contributed by atoms with Gasteiger partial charge in [-0.05, 0) is 37.6 Å². The fourth-order valence-corrected chi connectivity index (χ4v) is 2.50. The van der Waals surface area contributed by atoms with Crippen molar-refractivity contribution in [3.63, 3.8) is 0 Å². The molecule has 3 nitrogen and oxygen atoms in total. The second-order valence-corrected chi connectivity index (χ2v) is 6.42. The Bertz CT molecular complexity index is 602. The van der Waals surface area contributed by atoms with Crippen LogP contribution in [0.5, 0.6) is 5.75 Å². The van der Waals surface area contributed by atoms with Gasteiger partial charge in [0.25, 0.3) is 0 Å². The maximum absolute atomic E-state index is 9.33. The molecule has 1 unspecified atom stereocenters. The Kier molecular flexibility index (Phi) is 8.63. The van der Waals surface area contributed by atoms with E-state index < -0.39 is 0 Å². The van der Waals surface area contributed by atoms with Crippen molar-refractivity contribution in [3.05, 3.63) is 63.6 Å². The van der Waals surface area contributed by atoms with E-state index in [9.17, 15) is 5.11 Å². The van der Waals surface area contributed by atoms with E-state index in [2.05, 4.69) is 52.4 Å². The lowest BCUT2D eigenvalue weighted by Gasteiger charge is -2.14. The van der Waals surface area contributed by atoms with Crippen molar-refractivity contribution in [1.29, 1.82) is 0 Å². The maximum atomic E-state index is 9.33. The quantitative estimate of drug-likeness (QED) is 0.731. The zero-order chi connectivity index (χ0) is 15.9. The van der Waals surface area contributed by atoms with Crippen molar-refractivity contribution < 1.29 is 9.84 Å². The number of aryl methyl sites for hydroxylation is 1. The summed E-state index contributed by atoms with van der Waals surface area (Å²) in [4.78, 5) is 0. The van der Waals surface area contributed by atoms with Gasteiger partial charge in [0.2, 0.25) is 0 Å². The minimum atomic E-state index is -0.357. The Hall–Kier alpha value is -1.07.